The minimum Gasteiger partial charge on any atom is -0.497 e. The molecule has 8 heteroatoms. The molecule has 1 aromatic carbocycles. The van der Waals surface area contributed by atoms with E-state index in [4.69, 9.17) is 9.15 Å². The van der Waals surface area contributed by atoms with Crippen LogP contribution in [-0.2, 0) is 16.4 Å². The van der Waals surface area contributed by atoms with Gasteiger partial charge in [0.05, 0.1) is 7.11 Å². The lowest BCUT2D eigenvalue weighted by Gasteiger charge is -2.05. The van der Waals surface area contributed by atoms with Crippen LogP contribution in [0, 0.1) is 0 Å². The summed E-state index contributed by atoms with van der Waals surface area (Å²) in [6.45, 7) is 0.390. The number of carbonyl (C=O) groups is 1. The molecule has 0 spiro atoms. The maximum Gasteiger partial charge on any atom is 0.287 e. The molecule has 1 amide bonds. The first kappa shape index (κ1) is 17.0. The van der Waals surface area contributed by atoms with Crippen molar-refractivity contribution in [1.29, 1.82) is 0 Å². The quantitative estimate of drug-likeness (QED) is 0.790. The minimum atomic E-state index is -3.69. The van der Waals surface area contributed by atoms with E-state index < -0.39 is 15.9 Å². The summed E-state index contributed by atoms with van der Waals surface area (Å²) in [7, 11) is -0.831. The number of nitrogens with one attached hydrogen (secondary N) is 2. The maximum atomic E-state index is 11.9. The molecule has 0 aliphatic heterocycles. The van der Waals surface area contributed by atoms with Crippen LogP contribution < -0.4 is 14.8 Å². The molecule has 0 bridgehead atoms. The molecule has 2 aromatic rings. The smallest absolute Gasteiger partial charge is 0.287 e. The summed E-state index contributed by atoms with van der Waals surface area (Å²) in [6.07, 6.45) is 0.616. The van der Waals surface area contributed by atoms with Crippen LogP contribution in [-0.4, -0.2) is 35.0 Å². The molecule has 2 N–H and O–H groups in total. The van der Waals surface area contributed by atoms with Crippen LogP contribution in [0.25, 0.3) is 0 Å². The standard InChI is InChI=1S/C15H18N2O5S/c1-16-23(19,20)14-7-6-13(22-14)15(18)17-9-8-11-4-3-5-12(10-11)21-2/h3-7,10,16H,8-9H2,1-2H3,(H,17,18). The molecule has 0 unspecified atom stereocenters. The van der Waals surface area contributed by atoms with Gasteiger partial charge in [0.15, 0.2) is 5.76 Å². The Bertz CT molecular complexity index is 783. The Morgan fingerprint density at radius 2 is 2.04 bits per heavy atom. The number of sulfonamides is 1. The molecule has 0 aliphatic rings. The van der Waals surface area contributed by atoms with E-state index in [2.05, 4.69) is 10.0 Å². The Hall–Kier alpha value is -2.32. The summed E-state index contributed by atoms with van der Waals surface area (Å²) in [5, 5.41) is 2.39. The average Bonchev–Trinajstić information content (AvgIpc) is 3.06. The van der Waals surface area contributed by atoms with Gasteiger partial charge in [-0.15, -0.1) is 0 Å². The lowest BCUT2D eigenvalue weighted by atomic mass is 10.1. The number of carbonyl (C=O) groups excluding carboxylic acids is 1. The minimum absolute atomic E-state index is 0.0514. The van der Waals surface area contributed by atoms with Gasteiger partial charge in [-0.1, -0.05) is 12.1 Å². The van der Waals surface area contributed by atoms with E-state index in [1.165, 1.54) is 19.2 Å². The number of rotatable bonds is 7. The summed E-state index contributed by atoms with van der Waals surface area (Å²) in [4.78, 5) is 11.9. The third-order valence-corrected chi connectivity index (χ3v) is 4.46. The molecule has 7 nitrogen and oxygen atoms in total. The molecule has 0 radical (unpaired) electrons. The van der Waals surface area contributed by atoms with Crippen LogP contribution >= 0.6 is 0 Å². The topological polar surface area (TPSA) is 97.6 Å². The van der Waals surface area contributed by atoms with E-state index in [1.54, 1.807) is 7.11 Å². The van der Waals surface area contributed by atoms with Crippen LogP contribution in [0.4, 0.5) is 0 Å². The number of furan rings is 1. The van der Waals surface area contributed by atoms with Gasteiger partial charge in [-0.3, -0.25) is 4.79 Å². The van der Waals surface area contributed by atoms with E-state index in [-0.39, 0.29) is 10.9 Å². The molecule has 0 saturated heterocycles. The molecule has 0 atom stereocenters. The van der Waals surface area contributed by atoms with Gasteiger partial charge in [0, 0.05) is 6.54 Å². The Morgan fingerprint density at radius 1 is 1.26 bits per heavy atom. The van der Waals surface area contributed by atoms with E-state index in [9.17, 15) is 13.2 Å². The van der Waals surface area contributed by atoms with Gasteiger partial charge in [0.25, 0.3) is 15.9 Å². The molecule has 2 rings (SSSR count). The monoisotopic (exact) mass is 338 g/mol. The van der Waals surface area contributed by atoms with Gasteiger partial charge in [-0.25, -0.2) is 13.1 Å². The van der Waals surface area contributed by atoms with Crippen LogP contribution in [0.5, 0.6) is 5.75 Å². The van der Waals surface area contributed by atoms with E-state index in [0.717, 1.165) is 11.3 Å². The van der Waals surface area contributed by atoms with Crippen LogP contribution in [0.2, 0.25) is 0 Å². The highest BCUT2D eigenvalue weighted by atomic mass is 32.2. The van der Waals surface area contributed by atoms with Crippen molar-refractivity contribution < 1.29 is 22.4 Å². The highest BCUT2D eigenvalue weighted by Crippen LogP contribution is 2.14. The zero-order chi connectivity index (χ0) is 16.9. The Kier molecular flexibility index (Phi) is 5.41. The SMILES string of the molecule is CNS(=O)(=O)c1ccc(C(=O)NCCc2cccc(OC)c2)o1. The zero-order valence-corrected chi connectivity index (χ0v) is 13.6. The first-order valence-electron chi connectivity index (χ1n) is 6.91. The highest BCUT2D eigenvalue weighted by molar-refractivity contribution is 7.89. The molecule has 1 aromatic heterocycles. The zero-order valence-electron chi connectivity index (χ0n) is 12.8. The summed E-state index contributed by atoms with van der Waals surface area (Å²) in [6, 6.07) is 10.1. The van der Waals surface area contributed by atoms with E-state index in [1.807, 2.05) is 24.3 Å². The number of benzene rings is 1. The van der Waals surface area contributed by atoms with Crippen molar-refractivity contribution >= 4 is 15.9 Å². The molecule has 1 heterocycles. The second-order valence-corrected chi connectivity index (χ2v) is 6.50. The third-order valence-electron chi connectivity index (χ3n) is 3.17. The van der Waals surface area contributed by atoms with Gasteiger partial charge in [0.2, 0.25) is 5.09 Å². The number of methoxy groups -OCH3 is 1. The summed E-state index contributed by atoms with van der Waals surface area (Å²) >= 11 is 0. The van der Waals surface area contributed by atoms with Crippen LogP contribution in [0.1, 0.15) is 16.1 Å². The molecule has 23 heavy (non-hydrogen) atoms. The van der Waals surface area contributed by atoms with Crippen molar-refractivity contribution in [3.63, 3.8) is 0 Å². The lowest BCUT2D eigenvalue weighted by molar-refractivity contribution is 0.0921. The van der Waals surface area contributed by atoms with E-state index in [0.29, 0.717) is 13.0 Å². The van der Waals surface area contributed by atoms with Crippen molar-refractivity contribution in [2.24, 2.45) is 0 Å². The normalized spacial score (nSPS) is 11.2. The van der Waals surface area contributed by atoms with Crippen LogP contribution in [0.3, 0.4) is 0 Å². The molecule has 0 fully saturated rings. The van der Waals surface area contributed by atoms with E-state index >= 15 is 0 Å². The fourth-order valence-electron chi connectivity index (χ4n) is 1.92. The number of hydrogen-bond acceptors (Lipinski definition) is 5. The molecule has 0 aliphatic carbocycles. The highest BCUT2D eigenvalue weighted by Gasteiger charge is 2.19. The van der Waals surface area contributed by atoms with Gasteiger partial charge in [0.1, 0.15) is 5.75 Å². The Balaban J connectivity index is 1.92. The fraction of sp³-hybridized carbons (Fsp3) is 0.267. The predicted molar refractivity (Wildman–Crippen MR) is 84.0 cm³/mol. The molecular weight excluding hydrogens is 320 g/mol. The molecule has 124 valence electrons. The third kappa shape index (κ3) is 4.33. The van der Waals surface area contributed by atoms with Crippen molar-refractivity contribution in [3.8, 4) is 5.75 Å². The largest absolute Gasteiger partial charge is 0.497 e. The molecular formula is C15H18N2O5S. The van der Waals surface area contributed by atoms with Crippen molar-refractivity contribution in [3.05, 3.63) is 47.7 Å². The predicted octanol–water partition coefficient (Wildman–Crippen LogP) is 1.17. The van der Waals surface area contributed by atoms with Gasteiger partial charge < -0.3 is 14.5 Å². The number of amides is 1. The maximum absolute atomic E-state index is 11.9. The van der Waals surface area contributed by atoms with Crippen molar-refractivity contribution in [2.75, 3.05) is 20.7 Å². The number of ether oxygens (including phenoxy) is 1. The first-order chi connectivity index (χ1) is 11.0. The second kappa shape index (κ2) is 7.30. The number of hydrogen-bond donors (Lipinski definition) is 2. The Morgan fingerprint density at radius 3 is 2.74 bits per heavy atom. The summed E-state index contributed by atoms with van der Waals surface area (Å²) < 4.78 is 35.4. The summed E-state index contributed by atoms with van der Waals surface area (Å²) in [5.41, 5.74) is 1.02. The summed E-state index contributed by atoms with van der Waals surface area (Å²) in [5.74, 6) is 0.233. The molecule has 0 saturated carbocycles. The van der Waals surface area contributed by atoms with Gasteiger partial charge >= 0.3 is 0 Å². The fourth-order valence-corrected chi connectivity index (χ4v) is 2.57. The average molecular weight is 338 g/mol. The first-order valence-corrected chi connectivity index (χ1v) is 8.39. The van der Waals surface area contributed by atoms with Gasteiger partial charge in [-0.2, -0.15) is 0 Å². The second-order valence-electron chi connectivity index (χ2n) is 4.68. The van der Waals surface area contributed by atoms with Crippen molar-refractivity contribution in [2.45, 2.75) is 11.5 Å². The lowest BCUT2D eigenvalue weighted by Crippen LogP contribution is -2.25. The Labute approximate surface area is 134 Å². The van der Waals surface area contributed by atoms with Gasteiger partial charge in [-0.05, 0) is 43.3 Å². The van der Waals surface area contributed by atoms with Crippen molar-refractivity contribution in [1.82, 2.24) is 10.0 Å². The van der Waals surface area contributed by atoms with Crippen LogP contribution in [0.15, 0.2) is 45.9 Å².